The number of fused-ring (bicyclic) bond motifs is 1. The first-order valence-corrected chi connectivity index (χ1v) is 10.3. The van der Waals surface area contributed by atoms with Crippen LogP contribution >= 0.6 is 11.8 Å². The molecule has 0 saturated carbocycles. The normalized spacial score (nSPS) is 25.3. The van der Waals surface area contributed by atoms with Crippen LogP contribution in [0.1, 0.15) is 47.2 Å². The van der Waals surface area contributed by atoms with Crippen LogP contribution in [0.4, 0.5) is 0 Å². The Morgan fingerprint density at radius 1 is 1.48 bits per heavy atom. The predicted molar refractivity (Wildman–Crippen MR) is 98.3 cm³/mol. The number of nitrogens with two attached hydrogens (primary N) is 1. The summed E-state index contributed by atoms with van der Waals surface area (Å²) in [6.07, 6.45) is 3.95. The van der Waals surface area contributed by atoms with E-state index in [1.807, 2.05) is 13.2 Å². The number of carbonyl (C=O) groups is 3. The fourth-order valence-corrected chi connectivity index (χ4v) is 4.37. The minimum atomic E-state index is -0.757. The predicted octanol–water partition coefficient (Wildman–Crippen LogP) is 0.403. The van der Waals surface area contributed by atoms with E-state index in [0.717, 1.165) is 12.8 Å². The van der Waals surface area contributed by atoms with Crippen LogP contribution in [0.25, 0.3) is 0 Å². The molecule has 9 nitrogen and oxygen atoms in total. The van der Waals surface area contributed by atoms with E-state index >= 15 is 0 Å². The molecule has 0 spiro atoms. The molecular formula is C17H24N4O5S. The largest absolute Gasteiger partial charge is 0.376 e. The number of likely N-dealkylation sites (tertiary alicyclic amines) is 1. The number of amides is 3. The van der Waals surface area contributed by atoms with Crippen molar-refractivity contribution < 1.29 is 23.6 Å². The molecular weight excluding hydrogens is 372 g/mol. The van der Waals surface area contributed by atoms with Gasteiger partial charge < -0.3 is 25.2 Å². The highest BCUT2D eigenvalue weighted by Gasteiger charge is 2.48. The second-order valence-electron chi connectivity index (χ2n) is 6.69. The number of nitrogens with zero attached hydrogens (tertiary/aromatic N) is 2. The summed E-state index contributed by atoms with van der Waals surface area (Å²) >= 11 is 1.50. The van der Waals surface area contributed by atoms with Gasteiger partial charge in [0.05, 0.1) is 23.4 Å². The second-order valence-corrected chi connectivity index (χ2v) is 7.73. The lowest BCUT2D eigenvalue weighted by Gasteiger charge is -2.28. The zero-order chi connectivity index (χ0) is 19.6. The van der Waals surface area contributed by atoms with Gasteiger partial charge in [-0.15, -0.1) is 0 Å². The standard InChI is InChI=1S/C17H24N4O5S/c1-3-14(27-2)16(23)19-8-9-6-12-11(4-5-25-12)21(9)17(24)13-7-10(15(18)22)20-26-13/h7,9,11-12,14H,3-6,8H2,1-2H3,(H2,18,22)(H,19,23). The number of hydrogen-bond acceptors (Lipinski definition) is 7. The number of nitrogens with one attached hydrogen (secondary N) is 1. The summed E-state index contributed by atoms with van der Waals surface area (Å²) in [6.45, 7) is 2.89. The number of hydrogen-bond donors (Lipinski definition) is 2. The van der Waals surface area contributed by atoms with Gasteiger partial charge in [-0.3, -0.25) is 14.4 Å². The monoisotopic (exact) mass is 396 g/mol. The molecule has 27 heavy (non-hydrogen) atoms. The molecule has 0 aromatic carbocycles. The van der Waals surface area contributed by atoms with Crippen LogP contribution in [0.2, 0.25) is 0 Å². The van der Waals surface area contributed by atoms with E-state index in [-0.39, 0.29) is 46.7 Å². The Labute approximate surface area is 161 Å². The van der Waals surface area contributed by atoms with Crippen LogP contribution in [0.3, 0.4) is 0 Å². The third-order valence-electron chi connectivity index (χ3n) is 5.10. The SMILES string of the molecule is CCC(SC)C(=O)NCC1CC2OCCC2N1C(=O)c1cc(C(N)=O)no1. The molecule has 4 unspecified atom stereocenters. The Hall–Kier alpha value is -2.07. The summed E-state index contributed by atoms with van der Waals surface area (Å²) in [5.41, 5.74) is 5.08. The second kappa shape index (κ2) is 8.30. The number of ether oxygens (including phenoxy) is 1. The van der Waals surface area contributed by atoms with Crippen LogP contribution in [0.5, 0.6) is 0 Å². The topological polar surface area (TPSA) is 128 Å². The number of carbonyl (C=O) groups excluding carboxylic acids is 3. The molecule has 2 aliphatic heterocycles. The Morgan fingerprint density at radius 3 is 2.89 bits per heavy atom. The molecule has 2 fully saturated rings. The van der Waals surface area contributed by atoms with Gasteiger partial charge in [-0.2, -0.15) is 11.8 Å². The molecule has 0 radical (unpaired) electrons. The molecule has 3 amide bonds. The molecule has 0 aliphatic carbocycles. The first-order valence-electron chi connectivity index (χ1n) is 8.97. The minimum absolute atomic E-state index is 0.0361. The van der Waals surface area contributed by atoms with E-state index in [9.17, 15) is 14.4 Å². The quantitative estimate of drug-likeness (QED) is 0.683. The molecule has 4 atom stereocenters. The molecule has 148 valence electrons. The smallest absolute Gasteiger partial charge is 0.293 e. The highest BCUT2D eigenvalue weighted by molar-refractivity contribution is 7.99. The summed E-state index contributed by atoms with van der Waals surface area (Å²) in [6, 6.07) is 0.965. The Bertz CT molecular complexity index is 720. The van der Waals surface area contributed by atoms with Crippen molar-refractivity contribution in [3.63, 3.8) is 0 Å². The average Bonchev–Trinajstić information content (AvgIpc) is 3.35. The van der Waals surface area contributed by atoms with Crippen molar-refractivity contribution in [3.05, 3.63) is 17.5 Å². The van der Waals surface area contributed by atoms with Crippen molar-refractivity contribution in [2.75, 3.05) is 19.4 Å². The van der Waals surface area contributed by atoms with Gasteiger partial charge in [0.1, 0.15) is 0 Å². The molecule has 3 N–H and O–H groups in total. The van der Waals surface area contributed by atoms with E-state index in [1.54, 1.807) is 4.90 Å². The van der Waals surface area contributed by atoms with Crippen LogP contribution in [-0.4, -0.2) is 70.6 Å². The molecule has 3 rings (SSSR count). The number of primary amides is 1. The van der Waals surface area contributed by atoms with Crippen LogP contribution in [0, 0.1) is 0 Å². The third-order valence-corrected chi connectivity index (χ3v) is 6.21. The average molecular weight is 396 g/mol. The van der Waals surface area contributed by atoms with Gasteiger partial charge >= 0.3 is 0 Å². The highest BCUT2D eigenvalue weighted by Crippen LogP contribution is 2.34. The maximum absolute atomic E-state index is 13.0. The molecule has 1 aromatic heterocycles. The third kappa shape index (κ3) is 3.96. The summed E-state index contributed by atoms with van der Waals surface area (Å²) in [4.78, 5) is 38.2. The van der Waals surface area contributed by atoms with Gasteiger partial charge in [0.15, 0.2) is 5.69 Å². The summed E-state index contributed by atoms with van der Waals surface area (Å²) in [5.74, 6) is -1.20. The fourth-order valence-electron chi connectivity index (χ4n) is 3.74. The lowest BCUT2D eigenvalue weighted by atomic mass is 10.1. The maximum atomic E-state index is 13.0. The summed E-state index contributed by atoms with van der Waals surface area (Å²) < 4.78 is 10.8. The van der Waals surface area contributed by atoms with Crippen LogP contribution in [-0.2, 0) is 9.53 Å². The van der Waals surface area contributed by atoms with Crippen molar-refractivity contribution in [2.45, 2.75) is 49.6 Å². The molecule has 3 heterocycles. The zero-order valence-corrected chi connectivity index (χ0v) is 16.2. The number of aromatic nitrogens is 1. The first-order chi connectivity index (χ1) is 13.0. The zero-order valence-electron chi connectivity index (χ0n) is 15.3. The molecule has 10 heteroatoms. The van der Waals surface area contributed by atoms with Crippen LogP contribution < -0.4 is 11.1 Å². The van der Waals surface area contributed by atoms with Crippen LogP contribution in [0.15, 0.2) is 10.6 Å². The Morgan fingerprint density at radius 2 is 2.26 bits per heavy atom. The lowest BCUT2D eigenvalue weighted by Crippen LogP contribution is -2.47. The Kier molecular flexibility index (Phi) is 6.05. The Balaban J connectivity index is 1.73. The van der Waals surface area contributed by atoms with Crippen molar-refractivity contribution in [1.29, 1.82) is 0 Å². The van der Waals surface area contributed by atoms with Crippen molar-refractivity contribution >= 4 is 29.5 Å². The van der Waals surface area contributed by atoms with Crippen molar-refractivity contribution in [2.24, 2.45) is 5.73 Å². The van der Waals surface area contributed by atoms with E-state index < -0.39 is 5.91 Å². The van der Waals surface area contributed by atoms with Crippen molar-refractivity contribution in [1.82, 2.24) is 15.4 Å². The first kappa shape index (κ1) is 19.7. The minimum Gasteiger partial charge on any atom is -0.376 e. The molecule has 2 saturated heterocycles. The van der Waals surface area contributed by atoms with Gasteiger partial charge in [0.25, 0.3) is 11.8 Å². The summed E-state index contributed by atoms with van der Waals surface area (Å²) in [7, 11) is 0. The van der Waals surface area contributed by atoms with E-state index in [2.05, 4.69) is 10.5 Å². The van der Waals surface area contributed by atoms with Gasteiger partial charge in [-0.25, -0.2) is 0 Å². The molecule has 0 bridgehead atoms. The highest BCUT2D eigenvalue weighted by atomic mass is 32.2. The molecule has 1 aromatic rings. The maximum Gasteiger partial charge on any atom is 0.293 e. The fraction of sp³-hybridized carbons (Fsp3) is 0.647. The van der Waals surface area contributed by atoms with Gasteiger partial charge in [0, 0.05) is 19.2 Å². The van der Waals surface area contributed by atoms with E-state index in [4.69, 9.17) is 15.0 Å². The van der Waals surface area contributed by atoms with E-state index in [1.165, 1.54) is 17.8 Å². The van der Waals surface area contributed by atoms with E-state index in [0.29, 0.717) is 19.6 Å². The van der Waals surface area contributed by atoms with Gasteiger partial charge in [0.2, 0.25) is 11.7 Å². The van der Waals surface area contributed by atoms with Gasteiger partial charge in [-0.05, 0) is 25.5 Å². The van der Waals surface area contributed by atoms with Crippen molar-refractivity contribution in [3.8, 4) is 0 Å². The number of thioether (sulfide) groups is 1. The lowest BCUT2D eigenvalue weighted by molar-refractivity contribution is -0.120. The number of rotatable bonds is 7. The molecule has 2 aliphatic rings. The summed E-state index contributed by atoms with van der Waals surface area (Å²) in [5, 5.41) is 6.37. The van der Waals surface area contributed by atoms with Gasteiger partial charge in [-0.1, -0.05) is 12.1 Å².